The van der Waals surface area contributed by atoms with Crippen molar-refractivity contribution < 1.29 is 63.8 Å². The van der Waals surface area contributed by atoms with Crippen molar-refractivity contribution >= 4 is 0 Å². The molecule has 19 nitrogen and oxygen atoms in total. The minimum absolute atomic E-state index is 0.118. The number of hydrogen-bond donors (Lipinski definition) is 6. The predicted molar refractivity (Wildman–Crippen MR) is 301 cm³/mol. The Morgan fingerprint density at radius 1 is 0.392 bits per heavy atom. The standard InChI is InChI=1S/C60H96N6O13/c1-5-9-13-17-21-25-33-73-47-31-29-43(37-49(47)75-35-27-23-19-15-11-7-3)45-39-65(63-61-45)41-51-53(67)55(69)57(71)59(77-51)79-60-58(72)56(70)54(68)52(78-60)42-66-40-46(62-64-66)44-30-32-48(74-34-26-22-18-14-10-6-2)50(38-44)76-36-28-24-20-16-12-8-4/h29-32,37-40,51-60,67-72H,5-28,33-36,41-42H2,1-4H3/t51-,52-,53-,54-,55+,56+,57-,58-,59-,60-/m1/s1. The van der Waals surface area contributed by atoms with Gasteiger partial charge < -0.3 is 63.8 Å². The number of unbranched alkanes of at least 4 members (excludes halogenated alkanes) is 20. The lowest BCUT2D eigenvalue weighted by atomic mass is 9.97. The summed E-state index contributed by atoms with van der Waals surface area (Å²) in [6.45, 7) is 10.9. The Morgan fingerprint density at radius 2 is 0.709 bits per heavy atom. The molecule has 0 bridgehead atoms. The third kappa shape index (κ3) is 20.5. The van der Waals surface area contributed by atoms with Gasteiger partial charge in [0.25, 0.3) is 0 Å². The van der Waals surface area contributed by atoms with Crippen molar-refractivity contribution in [3.05, 3.63) is 48.8 Å². The molecule has 19 heteroatoms. The first kappa shape index (κ1) is 63.7. The topological polar surface area (TPSA) is 247 Å². The van der Waals surface area contributed by atoms with Crippen molar-refractivity contribution in [3.8, 4) is 45.5 Å². The zero-order valence-corrected chi connectivity index (χ0v) is 47.8. The van der Waals surface area contributed by atoms with Crippen LogP contribution in [-0.2, 0) is 27.3 Å². The molecule has 0 radical (unpaired) electrons. The molecule has 6 N–H and O–H groups in total. The van der Waals surface area contributed by atoms with Gasteiger partial charge in [0.05, 0.1) is 51.9 Å². The number of aliphatic hydroxyl groups is 6. The minimum atomic E-state index is -1.79. The van der Waals surface area contributed by atoms with Crippen molar-refractivity contribution in [2.75, 3.05) is 26.4 Å². The van der Waals surface area contributed by atoms with E-state index in [1.807, 2.05) is 36.4 Å². The summed E-state index contributed by atoms with van der Waals surface area (Å²) < 4.78 is 46.0. The highest BCUT2D eigenvalue weighted by Crippen LogP contribution is 2.36. The Kier molecular flexibility index (Phi) is 28.6. The van der Waals surface area contributed by atoms with Crippen LogP contribution in [0.1, 0.15) is 182 Å². The second kappa shape index (κ2) is 35.4. The van der Waals surface area contributed by atoms with Crippen LogP contribution in [0.2, 0.25) is 0 Å². The first-order valence-electron chi connectivity index (χ1n) is 30.2. The van der Waals surface area contributed by atoms with E-state index >= 15 is 0 Å². The van der Waals surface area contributed by atoms with Gasteiger partial charge in [0.1, 0.15) is 60.2 Å². The lowest BCUT2D eigenvalue weighted by molar-refractivity contribution is -0.375. The van der Waals surface area contributed by atoms with Crippen LogP contribution in [-0.4, -0.2) is 148 Å². The monoisotopic (exact) mass is 1110 g/mol. The normalized spacial score (nSPS) is 23.3. The highest BCUT2D eigenvalue weighted by Gasteiger charge is 2.50. The van der Waals surface area contributed by atoms with E-state index < -0.39 is 61.4 Å². The number of hydrogen-bond acceptors (Lipinski definition) is 17. The molecular weight excluding hydrogens is 1010 g/mol. The van der Waals surface area contributed by atoms with Crippen molar-refractivity contribution in [2.24, 2.45) is 0 Å². The van der Waals surface area contributed by atoms with E-state index in [-0.39, 0.29) is 13.1 Å². The summed E-state index contributed by atoms with van der Waals surface area (Å²) in [6.07, 6.45) is 15.0. The first-order chi connectivity index (χ1) is 38.5. The third-order valence-corrected chi connectivity index (χ3v) is 14.9. The molecule has 0 amide bonds. The van der Waals surface area contributed by atoms with Gasteiger partial charge in [-0.25, -0.2) is 9.36 Å². The van der Waals surface area contributed by atoms with Crippen LogP contribution >= 0.6 is 0 Å². The highest BCUT2D eigenvalue weighted by atomic mass is 16.8. The Labute approximate surface area is 469 Å². The summed E-state index contributed by atoms with van der Waals surface area (Å²) in [7, 11) is 0. The lowest BCUT2D eigenvalue weighted by Crippen LogP contribution is -2.63. The Balaban J connectivity index is 1.07. The summed E-state index contributed by atoms with van der Waals surface area (Å²) in [5, 5.41) is 83.9. The van der Waals surface area contributed by atoms with E-state index in [4.69, 9.17) is 33.2 Å². The van der Waals surface area contributed by atoms with Gasteiger partial charge in [0.15, 0.2) is 35.6 Å². The molecule has 444 valence electrons. The summed E-state index contributed by atoms with van der Waals surface area (Å²) in [5.74, 6) is 2.58. The van der Waals surface area contributed by atoms with Gasteiger partial charge >= 0.3 is 0 Å². The van der Waals surface area contributed by atoms with Gasteiger partial charge in [-0.15, -0.1) is 10.2 Å². The predicted octanol–water partition coefficient (Wildman–Crippen LogP) is 9.49. The molecule has 2 fully saturated rings. The molecule has 4 aromatic rings. The summed E-state index contributed by atoms with van der Waals surface area (Å²) in [5.41, 5.74) is 2.49. The van der Waals surface area contributed by atoms with Crippen LogP contribution in [0.4, 0.5) is 0 Å². The zero-order valence-electron chi connectivity index (χ0n) is 47.8. The van der Waals surface area contributed by atoms with E-state index in [1.165, 1.54) is 112 Å². The van der Waals surface area contributed by atoms with Gasteiger partial charge in [0, 0.05) is 11.1 Å². The van der Waals surface area contributed by atoms with Crippen LogP contribution in [0.25, 0.3) is 22.5 Å². The van der Waals surface area contributed by atoms with Gasteiger partial charge in [-0.05, 0) is 62.1 Å². The molecule has 2 aromatic carbocycles. The van der Waals surface area contributed by atoms with Crippen molar-refractivity contribution in [3.63, 3.8) is 0 Å². The van der Waals surface area contributed by atoms with E-state index in [1.54, 1.807) is 12.4 Å². The summed E-state index contributed by atoms with van der Waals surface area (Å²) in [6, 6.07) is 11.3. The number of aliphatic hydroxyl groups excluding tert-OH is 6. The number of rotatable bonds is 40. The molecule has 0 aliphatic carbocycles. The largest absolute Gasteiger partial charge is 0.490 e. The number of benzene rings is 2. The first-order valence-corrected chi connectivity index (χ1v) is 30.2. The van der Waals surface area contributed by atoms with Gasteiger partial charge in [-0.3, -0.25) is 0 Å². The fourth-order valence-electron chi connectivity index (χ4n) is 9.96. The molecule has 2 aliphatic rings. The van der Waals surface area contributed by atoms with Crippen LogP contribution in [0.15, 0.2) is 48.8 Å². The molecule has 2 saturated heterocycles. The van der Waals surface area contributed by atoms with E-state index in [0.717, 1.165) is 62.5 Å². The molecular formula is C60H96N6O13. The van der Waals surface area contributed by atoms with Crippen LogP contribution in [0, 0.1) is 0 Å². The van der Waals surface area contributed by atoms with Crippen LogP contribution in [0.3, 0.4) is 0 Å². The average Bonchev–Trinajstić information content (AvgIpc) is 4.16. The maximum absolute atomic E-state index is 11.1. The zero-order chi connectivity index (χ0) is 56.2. The second-order valence-electron chi connectivity index (χ2n) is 21.6. The molecule has 0 unspecified atom stereocenters. The molecule has 2 aliphatic heterocycles. The highest BCUT2D eigenvalue weighted by molar-refractivity contribution is 5.64. The van der Waals surface area contributed by atoms with Crippen molar-refractivity contribution in [1.82, 2.24) is 30.0 Å². The Bertz CT molecular complexity index is 2110. The van der Waals surface area contributed by atoms with Crippen molar-refractivity contribution in [2.45, 2.75) is 256 Å². The smallest absolute Gasteiger partial charge is 0.189 e. The molecule has 6 rings (SSSR count). The summed E-state index contributed by atoms with van der Waals surface area (Å²) >= 11 is 0. The fraction of sp³-hybridized carbons (Fsp3) is 0.733. The lowest BCUT2D eigenvalue weighted by Gasteiger charge is -2.45. The summed E-state index contributed by atoms with van der Waals surface area (Å²) in [4.78, 5) is 0. The number of aromatic nitrogens is 6. The second-order valence-corrected chi connectivity index (χ2v) is 21.6. The van der Waals surface area contributed by atoms with E-state index in [9.17, 15) is 30.6 Å². The van der Waals surface area contributed by atoms with Crippen LogP contribution < -0.4 is 18.9 Å². The van der Waals surface area contributed by atoms with Crippen molar-refractivity contribution in [1.29, 1.82) is 0 Å². The van der Waals surface area contributed by atoms with Crippen LogP contribution in [0.5, 0.6) is 23.0 Å². The molecule has 0 saturated carbocycles. The molecule has 79 heavy (non-hydrogen) atoms. The van der Waals surface area contributed by atoms with Gasteiger partial charge in [-0.2, -0.15) is 0 Å². The average molecular weight is 1110 g/mol. The third-order valence-electron chi connectivity index (χ3n) is 14.9. The van der Waals surface area contributed by atoms with Gasteiger partial charge in [0.2, 0.25) is 0 Å². The Morgan fingerprint density at radius 3 is 1.05 bits per heavy atom. The quantitative estimate of drug-likeness (QED) is 0.0227. The number of nitrogens with zero attached hydrogens (tertiary/aromatic N) is 6. The number of ether oxygens (including phenoxy) is 7. The molecule has 4 heterocycles. The minimum Gasteiger partial charge on any atom is -0.490 e. The molecule has 2 aromatic heterocycles. The Hall–Kier alpha value is -4.44. The SMILES string of the molecule is CCCCCCCCOc1ccc(-c2cn(C[C@H]3O[C@H](O[C@H]4O[C@H](Cn5cc(-c6ccc(OCCCCCCCC)c(OCCCCCCCC)c6)nn5)[C@@H](O)[C@H](O)[C@H]4O)[C@H](O)[C@@H](O)[C@@H]3O)nn2)cc1OCCCCCCCC. The van der Waals surface area contributed by atoms with E-state index in [0.29, 0.717) is 60.8 Å². The molecule has 10 atom stereocenters. The maximum atomic E-state index is 11.1. The van der Waals surface area contributed by atoms with Gasteiger partial charge in [-0.1, -0.05) is 167 Å². The maximum Gasteiger partial charge on any atom is 0.189 e. The molecule has 0 spiro atoms. The van der Waals surface area contributed by atoms with E-state index in [2.05, 4.69) is 48.3 Å². The fourth-order valence-corrected chi connectivity index (χ4v) is 9.96.